The Bertz CT molecular complexity index is 559. The molecule has 1 aromatic rings. The van der Waals surface area contributed by atoms with Gasteiger partial charge in [-0.3, -0.25) is 4.79 Å². The van der Waals surface area contributed by atoms with Crippen molar-refractivity contribution < 1.29 is 14.6 Å². The Morgan fingerprint density at radius 2 is 2.10 bits per heavy atom. The number of phenolic OH excluding ortho intramolecular Hbond substituents is 1. The number of nitrogens with one attached hydrogen (secondary N) is 1. The molecule has 0 aliphatic heterocycles. The maximum absolute atomic E-state index is 12.1. The number of hydrazone groups is 1. The number of para-hydroxylation sites is 1. The van der Waals surface area contributed by atoms with Crippen LogP contribution in [-0.2, 0) is 4.79 Å². The molecule has 0 heterocycles. The molecule has 1 amide bonds. The van der Waals surface area contributed by atoms with Crippen molar-refractivity contribution in [1.82, 2.24) is 5.43 Å². The number of ether oxygens (including phenoxy) is 1. The minimum Gasteiger partial charge on any atom is -0.504 e. The summed E-state index contributed by atoms with van der Waals surface area (Å²) in [5, 5.41) is 13.9. The molecule has 5 heteroatoms. The van der Waals surface area contributed by atoms with Crippen LogP contribution < -0.4 is 10.2 Å². The SMILES string of the molecule is COc1cccc(/C=N/NC(=O)C2C3CCCCC32)c1O. The molecule has 2 unspecified atom stereocenters. The van der Waals surface area contributed by atoms with E-state index in [2.05, 4.69) is 10.5 Å². The van der Waals surface area contributed by atoms with E-state index in [0.717, 1.165) is 0 Å². The lowest BCUT2D eigenvalue weighted by molar-refractivity contribution is -0.122. The van der Waals surface area contributed by atoms with Crippen molar-refractivity contribution in [2.45, 2.75) is 25.7 Å². The molecule has 0 aromatic heterocycles. The number of carbonyl (C=O) groups is 1. The van der Waals surface area contributed by atoms with E-state index in [1.807, 2.05) is 0 Å². The van der Waals surface area contributed by atoms with E-state index in [0.29, 0.717) is 23.1 Å². The van der Waals surface area contributed by atoms with Crippen molar-refractivity contribution in [1.29, 1.82) is 0 Å². The fourth-order valence-corrected chi connectivity index (χ4v) is 3.43. The van der Waals surface area contributed by atoms with Crippen molar-refractivity contribution in [2.75, 3.05) is 7.11 Å². The van der Waals surface area contributed by atoms with Gasteiger partial charge in [0.05, 0.1) is 13.3 Å². The summed E-state index contributed by atoms with van der Waals surface area (Å²) in [5.41, 5.74) is 3.11. The van der Waals surface area contributed by atoms with Gasteiger partial charge in [0.25, 0.3) is 0 Å². The summed E-state index contributed by atoms with van der Waals surface area (Å²) in [7, 11) is 1.49. The molecule has 2 saturated carbocycles. The number of aromatic hydroxyl groups is 1. The molecule has 2 aliphatic rings. The van der Waals surface area contributed by atoms with Crippen molar-refractivity contribution in [2.24, 2.45) is 22.9 Å². The lowest BCUT2D eigenvalue weighted by Gasteiger charge is -2.04. The van der Waals surface area contributed by atoms with Crippen LogP contribution in [0.2, 0.25) is 0 Å². The molecule has 0 spiro atoms. The Balaban J connectivity index is 1.59. The largest absolute Gasteiger partial charge is 0.504 e. The predicted octanol–water partition coefficient (Wildman–Crippen LogP) is 2.29. The zero-order chi connectivity index (χ0) is 14.8. The summed E-state index contributed by atoms with van der Waals surface area (Å²) >= 11 is 0. The summed E-state index contributed by atoms with van der Waals surface area (Å²) in [6.45, 7) is 0. The van der Waals surface area contributed by atoms with Crippen LogP contribution in [0.4, 0.5) is 0 Å². The zero-order valence-corrected chi connectivity index (χ0v) is 12.1. The van der Waals surface area contributed by atoms with Gasteiger partial charge in [-0.2, -0.15) is 5.10 Å². The average molecular weight is 288 g/mol. The minimum absolute atomic E-state index is 0.00513. The van der Waals surface area contributed by atoms with Crippen molar-refractivity contribution >= 4 is 12.1 Å². The summed E-state index contributed by atoms with van der Waals surface area (Å²) < 4.78 is 5.03. The van der Waals surface area contributed by atoms with E-state index >= 15 is 0 Å². The van der Waals surface area contributed by atoms with Crippen molar-refractivity contribution in [3.63, 3.8) is 0 Å². The van der Waals surface area contributed by atoms with E-state index in [4.69, 9.17) is 4.74 Å². The molecule has 2 aliphatic carbocycles. The fraction of sp³-hybridized carbons (Fsp3) is 0.500. The average Bonchev–Trinajstić information content (AvgIpc) is 3.23. The van der Waals surface area contributed by atoms with Gasteiger partial charge in [-0.05, 0) is 36.8 Å². The first-order valence-electron chi connectivity index (χ1n) is 7.41. The Hall–Kier alpha value is -2.04. The topological polar surface area (TPSA) is 70.9 Å². The van der Waals surface area contributed by atoms with E-state index in [-0.39, 0.29) is 17.6 Å². The second-order valence-electron chi connectivity index (χ2n) is 5.77. The third-order valence-electron chi connectivity index (χ3n) is 4.59. The lowest BCUT2D eigenvalue weighted by atomic mass is 10.0. The Kier molecular flexibility index (Phi) is 3.82. The van der Waals surface area contributed by atoms with Gasteiger partial charge in [-0.1, -0.05) is 18.9 Å². The molecular formula is C16H20N2O3. The number of benzene rings is 1. The van der Waals surface area contributed by atoms with Gasteiger partial charge in [0.15, 0.2) is 11.5 Å². The first-order valence-corrected chi connectivity index (χ1v) is 7.41. The monoisotopic (exact) mass is 288 g/mol. The smallest absolute Gasteiger partial charge is 0.243 e. The molecule has 112 valence electrons. The van der Waals surface area contributed by atoms with E-state index < -0.39 is 0 Å². The summed E-state index contributed by atoms with van der Waals surface area (Å²) in [5.74, 6) is 1.70. The molecular weight excluding hydrogens is 268 g/mol. The van der Waals surface area contributed by atoms with Crippen molar-refractivity contribution in [3.8, 4) is 11.5 Å². The van der Waals surface area contributed by atoms with Gasteiger partial charge >= 0.3 is 0 Å². The van der Waals surface area contributed by atoms with Gasteiger partial charge < -0.3 is 9.84 Å². The highest BCUT2D eigenvalue weighted by atomic mass is 16.5. The molecule has 2 atom stereocenters. The number of amides is 1. The van der Waals surface area contributed by atoms with Crippen LogP contribution in [0.5, 0.6) is 11.5 Å². The van der Waals surface area contributed by atoms with Gasteiger partial charge in [-0.15, -0.1) is 0 Å². The van der Waals surface area contributed by atoms with Gasteiger partial charge in [0.2, 0.25) is 5.91 Å². The molecule has 2 N–H and O–H groups in total. The first kappa shape index (κ1) is 13.9. The highest BCUT2D eigenvalue weighted by Crippen LogP contribution is 2.55. The zero-order valence-electron chi connectivity index (χ0n) is 12.1. The van der Waals surface area contributed by atoms with Crippen LogP contribution in [0.1, 0.15) is 31.2 Å². The number of phenols is 1. The summed E-state index contributed by atoms with van der Waals surface area (Å²) in [6, 6.07) is 5.14. The number of rotatable bonds is 4. The molecule has 1 aromatic carbocycles. The number of nitrogens with zero attached hydrogens (tertiary/aromatic N) is 1. The second-order valence-corrected chi connectivity index (χ2v) is 5.77. The Morgan fingerprint density at radius 3 is 2.76 bits per heavy atom. The van der Waals surface area contributed by atoms with Crippen LogP contribution in [0.15, 0.2) is 23.3 Å². The third kappa shape index (κ3) is 2.73. The molecule has 2 fully saturated rings. The molecule has 21 heavy (non-hydrogen) atoms. The van der Waals surface area contributed by atoms with E-state index in [1.165, 1.54) is 39.0 Å². The second kappa shape index (κ2) is 5.76. The number of hydrogen-bond donors (Lipinski definition) is 2. The number of hydrogen-bond acceptors (Lipinski definition) is 4. The molecule has 0 saturated heterocycles. The van der Waals surface area contributed by atoms with Crippen LogP contribution in [-0.4, -0.2) is 24.3 Å². The van der Waals surface area contributed by atoms with Crippen LogP contribution >= 0.6 is 0 Å². The van der Waals surface area contributed by atoms with Gasteiger partial charge in [-0.25, -0.2) is 5.43 Å². The predicted molar refractivity (Wildman–Crippen MR) is 79.3 cm³/mol. The standard InChI is InChI=1S/C16H20N2O3/c1-21-13-8-4-5-10(15(13)19)9-17-18-16(20)14-11-6-2-3-7-12(11)14/h4-5,8-9,11-12,14,19H,2-3,6-7H2,1H3,(H,18,20)/b17-9+. The van der Waals surface area contributed by atoms with Crippen LogP contribution in [0, 0.1) is 17.8 Å². The van der Waals surface area contributed by atoms with Gasteiger partial charge in [0.1, 0.15) is 0 Å². The van der Waals surface area contributed by atoms with Crippen LogP contribution in [0.3, 0.4) is 0 Å². The molecule has 0 radical (unpaired) electrons. The Morgan fingerprint density at radius 1 is 1.38 bits per heavy atom. The highest BCUT2D eigenvalue weighted by molar-refractivity contribution is 5.87. The van der Waals surface area contributed by atoms with E-state index in [1.54, 1.807) is 18.2 Å². The molecule has 0 bridgehead atoms. The van der Waals surface area contributed by atoms with Crippen LogP contribution in [0.25, 0.3) is 0 Å². The Labute approximate surface area is 124 Å². The quantitative estimate of drug-likeness (QED) is 0.659. The number of carbonyl (C=O) groups excluding carboxylic acids is 1. The number of methoxy groups -OCH3 is 1. The molecule has 5 nitrogen and oxygen atoms in total. The fourth-order valence-electron chi connectivity index (χ4n) is 3.43. The van der Waals surface area contributed by atoms with Crippen molar-refractivity contribution in [3.05, 3.63) is 23.8 Å². The van der Waals surface area contributed by atoms with E-state index in [9.17, 15) is 9.90 Å². The number of fused-ring (bicyclic) bond motifs is 1. The third-order valence-corrected chi connectivity index (χ3v) is 4.59. The summed E-state index contributed by atoms with van der Waals surface area (Å²) in [6.07, 6.45) is 6.27. The maximum Gasteiger partial charge on any atom is 0.243 e. The lowest BCUT2D eigenvalue weighted by Crippen LogP contribution is -2.20. The maximum atomic E-state index is 12.1. The first-order chi connectivity index (χ1) is 10.2. The molecule has 3 rings (SSSR count). The summed E-state index contributed by atoms with van der Waals surface area (Å²) in [4.78, 5) is 12.1. The highest BCUT2D eigenvalue weighted by Gasteiger charge is 2.54. The minimum atomic E-state index is 0.00513. The van der Waals surface area contributed by atoms with Gasteiger partial charge in [0, 0.05) is 11.5 Å². The normalized spacial score (nSPS) is 27.2.